The van der Waals surface area contributed by atoms with Gasteiger partial charge in [-0.2, -0.15) is 0 Å². The van der Waals surface area contributed by atoms with Crippen LogP contribution in [-0.4, -0.2) is 0 Å². The van der Waals surface area contributed by atoms with Gasteiger partial charge in [0, 0.05) is 5.54 Å². The van der Waals surface area contributed by atoms with Crippen LogP contribution in [0.3, 0.4) is 0 Å². The summed E-state index contributed by atoms with van der Waals surface area (Å²) in [6.45, 7) is 4.61. The van der Waals surface area contributed by atoms with Crippen molar-refractivity contribution in [1.29, 1.82) is 0 Å². The normalized spacial score (nSPS) is 11.9. The fourth-order valence-corrected chi connectivity index (χ4v) is 6.45. The van der Waals surface area contributed by atoms with Crippen LogP contribution in [0, 0.1) is 0 Å². The molecule has 0 aliphatic rings. The summed E-state index contributed by atoms with van der Waals surface area (Å²) in [5.74, 6) is 0. The Balaban J connectivity index is 2.08. The molecule has 0 unspecified atom stereocenters. The molecule has 1 rings (SSSR count). The Bertz CT molecular complexity index is 576. The highest BCUT2D eigenvalue weighted by Crippen LogP contribution is 2.31. The summed E-state index contributed by atoms with van der Waals surface area (Å²) in [6.07, 6.45) is 41.9. The first-order valence-electron chi connectivity index (χ1n) is 18.6. The van der Waals surface area contributed by atoms with Gasteiger partial charge in [0.25, 0.3) is 0 Å². The predicted octanol–water partition coefficient (Wildman–Crippen LogP) is 13.6. The average molecular weight is 556 g/mol. The molecule has 0 bridgehead atoms. The van der Waals surface area contributed by atoms with Crippen molar-refractivity contribution in [1.82, 2.24) is 0 Å². The van der Waals surface area contributed by atoms with Crippen LogP contribution in [0.15, 0.2) is 30.3 Å². The van der Waals surface area contributed by atoms with Gasteiger partial charge in [-0.1, -0.05) is 224 Å². The minimum atomic E-state index is -0.129. The molecule has 1 heteroatoms. The first-order valence-corrected chi connectivity index (χ1v) is 18.6. The maximum absolute atomic E-state index is 7.11. The lowest BCUT2D eigenvalue weighted by atomic mass is 9.81. The molecular formula is C39H73N. The van der Waals surface area contributed by atoms with Crippen LogP contribution in [0.4, 0.5) is 0 Å². The number of benzene rings is 1. The highest BCUT2D eigenvalue weighted by atomic mass is 14.7. The molecule has 1 nitrogen and oxygen atoms in total. The van der Waals surface area contributed by atoms with Gasteiger partial charge in [-0.05, 0) is 18.4 Å². The summed E-state index contributed by atoms with van der Waals surface area (Å²) >= 11 is 0. The average Bonchev–Trinajstić information content (AvgIpc) is 2.98. The van der Waals surface area contributed by atoms with Crippen molar-refractivity contribution < 1.29 is 0 Å². The molecule has 0 spiro atoms. The first-order chi connectivity index (χ1) is 19.7. The van der Waals surface area contributed by atoms with Crippen molar-refractivity contribution in [3.63, 3.8) is 0 Å². The topological polar surface area (TPSA) is 26.0 Å². The summed E-state index contributed by atoms with van der Waals surface area (Å²) in [5.41, 5.74) is 8.34. The fraction of sp³-hybridized carbons (Fsp3) is 0.846. The molecule has 234 valence electrons. The number of hydrogen-bond donors (Lipinski definition) is 1. The summed E-state index contributed by atoms with van der Waals surface area (Å²) in [7, 11) is 0. The zero-order chi connectivity index (χ0) is 28.8. The van der Waals surface area contributed by atoms with Crippen molar-refractivity contribution in [3.05, 3.63) is 35.9 Å². The molecule has 0 heterocycles. The van der Waals surface area contributed by atoms with Gasteiger partial charge in [-0.15, -0.1) is 0 Å². The summed E-state index contributed by atoms with van der Waals surface area (Å²) < 4.78 is 0. The van der Waals surface area contributed by atoms with Gasteiger partial charge in [-0.25, -0.2) is 0 Å². The van der Waals surface area contributed by atoms with E-state index in [9.17, 15) is 0 Å². The van der Waals surface area contributed by atoms with Crippen molar-refractivity contribution in [2.24, 2.45) is 5.73 Å². The number of nitrogens with two attached hydrogens (primary N) is 1. The van der Waals surface area contributed by atoms with Crippen LogP contribution >= 0.6 is 0 Å². The van der Waals surface area contributed by atoms with Gasteiger partial charge >= 0.3 is 0 Å². The molecule has 0 atom stereocenters. The first kappa shape index (κ1) is 37.2. The molecule has 0 radical (unpaired) electrons. The van der Waals surface area contributed by atoms with Gasteiger partial charge in [-0.3, -0.25) is 0 Å². The largest absolute Gasteiger partial charge is 0.321 e. The van der Waals surface area contributed by atoms with Gasteiger partial charge in [0.05, 0.1) is 0 Å². The molecular weight excluding hydrogens is 482 g/mol. The summed E-state index contributed by atoms with van der Waals surface area (Å²) in [4.78, 5) is 0. The third kappa shape index (κ3) is 21.9. The van der Waals surface area contributed by atoms with E-state index in [2.05, 4.69) is 44.2 Å². The minimum absolute atomic E-state index is 0.129. The molecule has 0 amide bonds. The van der Waals surface area contributed by atoms with Crippen LogP contribution < -0.4 is 5.73 Å². The Morgan fingerprint density at radius 1 is 0.375 bits per heavy atom. The summed E-state index contributed by atoms with van der Waals surface area (Å²) in [6, 6.07) is 11.0. The van der Waals surface area contributed by atoms with Crippen LogP contribution in [0.1, 0.15) is 212 Å². The Morgan fingerprint density at radius 3 is 0.900 bits per heavy atom. The molecule has 0 aliphatic carbocycles. The van der Waals surface area contributed by atoms with Crippen molar-refractivity contribution in [2.75, 3.05) is 0 Å². The van der Waals surface area contributed by atoms with E-state index >= 15 is 0 Å². The van der Waals surface area contributed by atoms with E-state index in [1.165, 1.54) is 185 Å². The Morgan fingerprint density at radius 2 is 0.625 bits per heavy atom. The molecule has 0 saturated carbocycles. The van der Waals surface area contributed by atoms with Gasteiger partial charge in [0.1, 0.15) is 0 Å². The fourth-order valence-electron chi connectivity index (χ4n) is 6.45. The van der Waals surface area contributed by atoms with Crippen molar-refractivity contribution in [2.45, 2.75) is 212 Å². The van der Waals surface area contributed by atoms with Gasteiger partial charge < -0.3 is 5.73 Å². The monoisotopic (exact) mass is 556 g/mol. The highest BCUT2D eigenvalue weighted by Gasteiger charge is 2.25. The Hall–Kier alpha value is -0.820. The van der Waals surface area contributed by atoms with Crippen LogP contribution in [0.5, 0.6) is 0 Å². The van der Waals surface area contributed by atoms with Crippen LogP contribution in [0.25, 0.3) is 0 Å². The second-order valence-corrected chi connectivity index (χ2v) is 13.2. The molecule has 0 aromatic heterocycles. The van der Waals surface area contributed by atoms with Crippen molar-refractivity contribution in [3.8, 4) is 0 Å². The Labute approximate surface area is 253 Å². The van der Waals surface area contributed by atoms with Crippen molar-refractivity contribution >= 4 is 0 Å². The second-order valence-electron chi connectivity index (χ2n) is 13.2. The van der Waals surface area contributed by atoms with E-state index in [1.807, 2.05) is 0 Å². The molecule has 0 saturated heterocycles. The molecule has 0 fully saturated rings. The van der Waals surface area contributed by atoms with E-state index in [0.29, 0.717) is 0 Å². The molecule has 1 aromatic carbocycles. The Kier molecular flexibility index (Phi) is 26.3. The second kappa shape index (κ2) is 28.3. The lowest BCUT2D eigenvalue weighted by Gasteiger charge is -2.30. The minimum Gasteiger partial charge on any atom is -0.321 e. The number of hydrogen-bond acceptors (Lipinski definition) is 1. The van der Waals surface area contributed by atoms with E-state index in [1.54, 1.807) is 0 Å². The van der Waals surface area contributed by atoms with Gasteiger partial charge in [0.2, 0.25) is 0 Å². The lowest BCUT2D eigenvalue weighted by Crippen LogP contribution is -2.36. The van der Waals surface area contributed by atoms with E-state index < -0.39 is 0 Å². The maximum atomic E-state index is 7.11. The standard InChI is InChI=1S/C39H73N/c1-3-5-7-9-11-13-15-17-19-21-23-25-27-32-36-39(40,38-34-30-29-31-35-38)37-33-28-26-24-22-20-18-16-14-12-10-8-6-4-2/h29-31,34-35H,3-28,32-33,36-37,40H2,1-2H3. The van der Waals surface area contributed by atoms with E-state index in [0.717, 1.165) is 12.8 Å². The number of unbranched alkanes of at least 4 members (excludes halogenated alkanes) is 26. The molecule has 0 aliphatic heterocycles. The van der Waals surface area contributed by atoms with E-state index in [-0.39, 0.29) is 5.54 Å². The zero-order valence-corrected chi connectivity index (χ0v) is 27.7. The summed E-state index contributed by atoms with van der Waals surface area (Å²) in [5, 5.41) is 0. The molecule has 2 N–H and O–H groups in total. The highest BCUT2D eigenvalue weighted by molar-refractivity contribution is 5.23. The van der Waals surface area contributed by atoms with Gasteiger partial charge in [0.15, 0.2) is 0 Å². The quantitative estimate of drug-likeness (QED) is 0.0906. The maximum Gasteiger partial charge on any atom is 0.0409 e. The van der Waals surface area contributed by atoms with Crippen LogP contribution in [-0.2, 0) is 5.54 Å². The third-order valence-corrected chi connectivity index (χ3v) is 9.30. The zero-order valence-electron chi connectivity index (χ0n) is 27.7. The lowest BCUT2D eigenvalue weighted by molar-refractivity contribution is 0.343. The molecule has 1 aromatic rings. The van der Waals surface area contributed by atoms with Crippen LogP contribution in [0.2, 0.25) is 0 Å². The third-order valence-electron chi connectivity index (χ3n) is 9.30. The predicted molar refractivity (Wildman–Crippen MR) is 182 cm³/mol. The SMILES string of the molecule is CCCCCCCCCCCCCCCCC(N)(CCCCCCCCCCCCCCCC)c1ccccc1. The smallest absolute Gasteiger partial charge is 0.0409 e. The molecule has 40 heavy (non-hydrogen) atoms. The number of rotatable bonds is 31. The van der Waals surface area contributed by atoms with E-state index in [4.69, 9.17) is 5.73 Å².